The summed E-state index contributed by atoms with van der Waals surface area (Å²) in [6.45, 7) is 2.29. The van der Waals surface area contributed by atoms with E-state index >= 15 is 0 Å². The van der Waals surface area contributed by atoms with Crippen molar-refractivity contribution in [1.82, 2.24) is 15.6 Å². The third-order valence-electron chi connectivity index (χ3n) is 4.66. The summed E-state index contributed by atoms with van der Waals surface area (Å²) in [5.74, 6) is 0.521. The van der Waals surface area contributed by atoms with Gasteiger partial charge in [0.05, 0.1) is 12.3 Å². The molecule has 8 heteroatoms. The molecule has 2 N–H and O–H groups in total. The highest BCUT2D eigenvalue weighted by molar-refractivity contribution is 6.31. The SMILES string of the molecule is Cc1oc(-c2ccccc2)nc1CCOc1ccc(C=C2C(=O)NC(=O)NC2=O)cc1. The van der Waals surface area contributed by atoms with Crippen LogP contribution in [-0.2, 0) is 16.0 Å². The Labute approximate surface area is 177 Å². The Morgan fingerprint density at radius 3 is 2.32 bits per heavy atom. The van der Waals surface area contributed by atoms with Crippen molar-refractivity contribution in [2.75, 3.05) is 6.61 Å². The van der Waals surface area contributed by atoms with Crippen LogP contribution in [0.5, 0.6) is 5.75 Å². The number of carbonyl (C=O) groups excluding carboxylic acids is 3. The summed E-state index contributed by atoms with van der Waals surface area (Å²) < 4.78 is 11.5. The van der Waals surface area contributed by atoms with E-state index < -0.39 is 17.8 Å². The highest BCUT2D eigenvalue weighted by Crippen LogP contribution is 2.22. The number of aromatic nitrogens is 1. The number of ether oxygens (including phenoxy) is 1. The van der Waals surface area contributed by atoms with E-state index in [1.807, 2.05) is 47.9 Å². The fraction of sp³-hybridized carbons (Fsp3) is 0.130. The zero-order valence-corrected chi connectivity index (χ0v) is 16.7. The van der Waals surface area contributed by atoms with Crippen LogP contribution in [0.15, 0.2) is 64.6 Å². The monoisotopic (exact) mass is 417 g/mol. The van der Waals surface area contributed by atoms with Gasteiger partial charge in [0.25, 0.3) is 11.8 Å². The van der Waals surface area contributed by atoms with Crippen LogP contribution in [0.1, 0.15) is 17.0 Å². The molecule has 0 bridgehead atoms. The molecule has 4 amide bonds. The van der Waals surface area contributed by atoms with Gasteiger partial charge in [-0.25, -0.2) is 9.78 Å². The van der Waals surface area contributed by atoms with Crippen molar-refractivity contribution >= 4 is 23.9 Å². The number of hydrogen-bond acceptors (Lipinski definition) is 6. The van der Waals surface area contributed by atoms with Gasteiger partial charge >= 0.3 is 6.03 Å². The van der Waals surface area contributed by atoms with Crippen molar-refractivity contribution in [2.24, 2.45) is 0 Å². The Balaban J connectivity index is 1.36. The standard InChI is InChI=1S/C23H19N3O5/c1-14-19(24-22(31-14)16-5-3-2-4-6-16)11-12-30-17-9-7-15(8-10-17)13-18-20(27)25-23(29)26-21(18)28/h2-10,13H,11-12H2,1H3,(H2,25,26,27,28,29). The number of rotatable bonds is 6. The fourth-order valence-electron chi connectivity index (χ4n) is 3.06. The zero-order valence-electron chi connectivity index (χ0n) is 16.7. The summed E-state index contributed by atoms with van der Waals surface area (Å²) in [5.41, 5.74) is 2.25. The second kappa shape index (κ2) is 8.66. The Morgan fingerprint density at radius 1 is 0.968 bits per heavy atom. The first-order chi connectivity index (χ1) is 15.0. The van der Waals surface area contributed by atoms with Crippen LogP contribution in [0.25, 0.3) is 17.5 Å². The number of imide groups is 2. The van der Waals surface area contributed by atoms with Crippen LogP contribution >= 0.6 is 0 Å². The van der Waals surface area contributed by atoms with E-state index in [0.29, 0.717) is 30.2 Å². The van der Waals surface area contributed by atoms with E-state index in [4.69, 9.17) is 9.15 Å². The fourth-order valence-corrected chi connectivity index (χ4v) is 3.06. The van der Waals surface area contributed by atoms with E-state index in [1.54, 1.807) is 24.3 Å². The minimum atomic E-state index is -0.825. The molecule has 1 aliphatic rings. The molecule has 1 fully saturated rings. The van der Waals surface area contributed by atoms with Crippen molar-refractivity contribution in [3.8, 4) is 17.2 Å². The molecule has 8 nitrogen and oxygen atoms in total. The van der Waals surface area contributed by atoms with E-state index in [9.17, 15) is 14.4 Å². The summed E-state index contributed by atoms with van der Waals surface area (Å²) in [6, 6.07) is 15.8. The second-order valence-corrected chi connectivity index (χ2v) is 6.85. The molecule has 0 aliphatic carbocycles. The van der Waals surface area contributed by atoms with Gasteiger partial charge in [-0.3, -0.25) is 20.2 Å². The molecule has 0 unspecified atom stereocenters. The van der Waals surface area contributed by atoms with E-state index in [2.05, 4.69) is 4.98 Å². The molecule has 4 rings (SSSR count). The maximum absolute atomic E-state index is 11.8. The topological polar surface area (TPSA) is 111 Å². The predicted octanol–water partition coefficient (Wildman–Crippen LogP) is 3.02. The molecule has 0 spiro atoms. The maximum Gasteiger partial charge on any atom is 0.328 e. The lowest BCUT2D eigenvalue weighted by Gasteiger charge is -2.13. The molecule has 1 saturated heterocycles. The molecule has 0 saturated carbocycles. The number of nitrogens with one attached hydrogen (secondary N) is 2. The van der Waals surface area contributed by atoms with Crippen molar-refractivity contribution in [3.63, 3.8) is 0 Å². The Kier molecular flexibility index (Phi) is 5.61. The van der Waals surface area contributed by atoms with E-state index in [-0.39, 0.29) is 5.57 Å². The van der Waals surface area contributed by atoms with Crippen LogP contribution in [0.2, 0.25) is 0 Å². The van der Waals surface area contributed by atoms with Gasteiger partial charge in [0, 0.05) is 12.0 Å². The van der Waals surface area contributed by atoms with Gasteiger partial charge in [-0.2, -0.15) is 0 Å². The lowest BCUT2D eigenvalue weighted by atomic mass is 10.1. The summed E-state index contributed by atoms with van der Waals surface area (Å²) >= 11 is 0. The number of aryl methyl sites for hydroxylation is 1. The number of benzene rings is 2. The maximum atomic E-state index is 11.8. The van der Waals surface area contributed by atoms with Crippen LogP contribution < -0.4 is 15.4 Å². The Morgan fingerprint density at radius 2 is 1.65 bits per heavy atom. The summed E-state index contributed by atoms with van der Waals surface area (Å²) in [6.07, 6.45) is 1.99. The zero-order chi connectivity index (χ0) is 21.8. The average molecular weight is 417 g/mol. The van der Waals surface area contributed by atoms with Crippen molar-refractivity contribution in [3.05, 3.63) is 77.2 Å². The molecule has 2 aromatic carbocycles. The third kappa shape index (κ3) is 4.69. The highest BCUT2D eigenvalue weighted by Gasteiger charge is 2.27. The summed E-state index contributed by atoms with van der Waals surface area (Å²) in [7, 11) is 0. The van der Waals surface area contributed by atoms with Crippen LogP contribution in [0.3, 0.4) is 0 Å². The van der Waals surface area contributed by atoms with Gasteiger partial charge in [-0.1, -0.05) is 30.3 Å². The lowest BCUT2D eigenvalue weighted by Crippen LogP contribution is -2.51. The molecule has 156 valence electrons. The minimum Gasteiger partial charge on any atom is -0.493 e. The van der Waals surface area contributed by atoms with Gasteiger partial charge in [0.2, 0.25) is 5.89 Å². The lowest BCUT2D eigenvalue weighted by molar-refractivity contribution is -0.123. The molecular formula is C23H19N3O5. The van der Waals surface area contributed by atoms with Gasteiger partial charge in [-0.15, -0.1) is 0 Å². The minimum absolute atomic E-state index is 0.135. The molecule has 3 aromatic rings. The van der Waals surface area contributed by atoms with Crippen molar-refractivity contribution < 1.29 is 23.5 Å². The average Bonchev–Trinajstić information content (AvgIpc) is 3.13. The first-order valence-electron chi connectivity index (χ1n) is 9.62. The van der Waals surface area contributed by atoms with Crippen molar-refractivity contribution in [2.45, 2.75) is 13.3 Å². The number of amides is 4. The van der Waals surface area contributed by atoms with E-state index in [0.717, 1.165) is 17.0 Å². The predicted molar refractivity (Wildman–Crippen MR) is 112 cm³/mol. The first kappa shape index (κ1) is 20.1. The summed E-state index contributed by atoms with van der Waals surface area (Å²) in [4.78, 5) is 39.2. The molecule has 0 atom stereocenters. The van der Waals surface area contributed by atoms with Gasteiger partial charge in [0.1, 0.15) is 17.1 Å². The number of carbonyl (C=O) groups is 3. The first-order valence-corrected chi connectivity index (χ1v) is 9.62. The van der Waals surface area contributed by atoms with Crippen molar-refractivity contribution in [1.29, 1.82) is 0 Å². The second-order valence-electron chi connectivity index (χ2n) is 6.85. The summed E-state index contributed by atoms with van der Waals surface area (Å²) in [5, 5.41) is 4.07. The number of barbiturate groups is 1. The smallest absolute Gasteiger partial charge is 0.328 e. The number of oxazole rings is 1. The molecule has 2 heterocycles. The Bertz CT molecular complexity index is 1140. The quantitative estimate of drug-likeness (QED) is 0.471. The third-order valence-corrected chi connectivity index (χ3v) is 4.66. The molecular weight excluding hydrogens is 398 g/mol. The number of urea groups is 1. The van der Waals surface area contributed by atoms with Gasteiger partial charge < -0.3 is 9.15 Å². The molecule has 1 aliphatic heterocycles. The van der Waals surface area contributed by atoms with Crippen LogP contribution in [0.4, 0.5) is 4.79 Å². The molecule has 1 aromatic heterocycles. The largest absolute Gasteiger partial charge is 0.493 e. The Hall–Kier alpha value is -4.20. The number of nitrogens with zero attached hydrogens (tertiary/aromatic N) is 1. The van der Waals surface area contributed by atoms with Gasteiger partial charge in [0.15, 0.2) is 0 Å². The number of hydrogen-bond donors (Lipinski definition) is 2. The molecule has 31 heavy (non-hydrogen) atoms. The van der Waals surface area contributed by atoms with Gasteiger partial charge in [-0.05, 0) is 42.8 Å². The van der Waals surface area contributed by atoms with Crippen LogP contribution in [-0.4, -0.2) is 29.4 Å². The van der Waals surface area contributed by atoms with E-state index in [1.165, 1.54) is 6.08 Å². The molecule has 0 radical (unpaired) electrons. The normalized spacial score (nSPS) is 13.6. The highest BCUT2D eigenvalue weighted by atomic mass is 16.5. The van der Waals surface area contributed by atoms with Crippen LogP contribution in [0, 0.1) is 6.92 Å².